The number of aryl methyl sites for hydroxylation is 1. The maximum absolute atomic E-state index is 12.5. The van der Waals surface area contributed by atoms with Crippen LogP contribution in [0.2, 0.25) is 0 Å². The first-order valence-electron chi connectivity index (χ1n) is 11.3. The number of aliphatic hydroxyl groups is 1. The summed E-state index contributed by atoms with van der Waals surface area (Å²) in [5, 5.41) is 20.5. The molecule has 8 heteroatoms. The number of halogens is 1. The van der Waals surface area contributed by atoms with Crippen molar-refractivity contribution in [3.8, 4) is 0 Å². The van der Waals surface area contributed by atoms with E-state index in [1.807, 2.05) is 38.2 Å². The molecule has 1 fully saturated rings. The van der Waals surface area contributed by atoms with Crippen molar-refractivity contribution in [1.29, 1.82) is 0 Å². The lowest BCUT2D eigenvalue weighted by Crippen LogP contribution is -2.55. The molecule has 2 aliphatic rings. The van der Waals surface area contributed by atoms with Crippen molar-refractivity contribution in [1.82, 2.24) is 25.8 Å². The molecule has 5 N–H and O–H groups in total. The van der Waals surface area contributed by atoms with E-state index in [4.69, 9.17) is 0 Å². The monoisotopic (exact) mass is 505 g/mol. The summed E-state index contributed by atoms with van der Waals surface area (Å²) in [6.07, 6.45) is 9.30. The molecule has 0 bridgehead atoms. The Hall–Kier alpha value is -1.71. The van der Waals surface area contributed by atoms with E-state index in [1.165, 1.54) is 0 Å². The molecule has 4 unspecified atom stereocenters. The number of rotatable bonds is 6. The van der Waals surface area contributed by atoms with Crippen molar-refractivity contribution in [2.45, 2.75) is 57.3 Å². The molecular formula is C24H36BrN5O2. The van der Waals surface area contributed by atoms with Crippen molar-refractivity contribution < 1.29 is 9.90 Å². The summed E-state index contributed by atoms with van der Waals surface area (Å²) in [5.74, 6) is -0.162. The minimum atomic E-state index is -0.768. The summed E-state index contributed by atoms with van der Waals surface area (Å²) in [6, 6.07) is 0.958. The summed E-state index contributed by atoms with van der Waals surface area (Å²) >= 11 is 3.59. The molecule has 1 aromatic rings. The predicted molar refractivity (Wildman–Crippen MR) is 133 cm³/mol. The first-order chi connectivity index (χ1) is 15.2. The predicted octanol–water partition coefficient (Wildman–Crippen LogP) is 2.63. The topological polar surface area (TPSA) is 92.4 Å². The molecule has 0 saturated carbocycles. The number of hydrogen-bond acceptors (Lipinski definition) is 5. The maximum Gasteiger partial charge on any atom is 0.255 e. The number of hydrogen-bond donors (Lipinski definition) is 5. The van der Waals surface area contributed by atoms with Crippen molar-refractivity contribution >= 4 is 27.9 Å². The van der Waals surface area contributed by atoms with Gasteiger partial charge in [0.05, 0.1) is 0 Å². The van der Waals surface area contributed by atoms with Gasteiger partial charge in [-0.25, -0.2) is 0 Å². The van der Waals surface area contributed by atoms with Gasteiger partial charge in [-0.05, 0) is 45.8 Å². The lowest BCUT2D eigenvalue weighted by atomic mass is 10.1. The molecule has 3 heterocycles. The second kappa shape index (κ2) is 11.4. The van der Waals surface area contributed by atoms with E-state index in [0.717, 1.165) is 48.6 Å². The van der Waals surface area contributed by atoms with E-state index in [0.29, 0.717) is 24.2 Å². The minimum Gasteiger partial charge on any atom is -0.374 e. The molecule has 7 nitrogen and oxygen atoms in total. The number of allylic oxidation sites excluding steroid dienone is 2. The first kappa shape index (κ1) is 24.9. The van der Waals surface area contributed by atoms with Crippen LogP contribution in [0.1, 0.15) is 49.0 Å². The van der Waals surface area contributed by atoms with Gasteiger partial charge in [0.25, 0.3) is 5.91 Å². The van der Waals surface area contributed by atoms with Crippen LogP contribution in [0.15, 0.2) is 30.0 Å². The third-order valence-electron chi connectivity index (χ3n) is 5.95. The van der Waals surface area contributed by atoms with Gasteiger partial charge in [0.1, 0.15) is 6.23 Å². The Balaban J connectivity index is 1.68. The molecule has 1 aromatic heterocycles. The number of carbonyl (C=O) groups excluding carboxylic acids is 1. The van der Waals surface area contributed by atoms with Crippen LogP contribution in [0.5, 0.6) is 0 Å². The highest BCUT2D eigenvalue weighted by Gasteiger charge is 2.22. The molecule has 1 saturated heterocycles. The highest BCUT2D eigenvalue weighted by Crippen LogP contribution is 2.25. The Labute approximate surface area is 199 Å². The molecule has 2 aliphatic heterocycles. The molecule has 32 heavy (non-hydrogen) atoms. The molecule has 0 spiro atoms. The number of piperazine rings is 1. The normalized spacial score (nSPS) is 27.1. The lowest BCUT2D eigenvalue weighted by molar-refractivity contribution is -0.116. The molecule has 3 rings (SSSR count). The van der Waals surface area contributed by atoms with E-state index in [2.05, 4.69) is 55.6 Å². The Morgan fingerprint density at radius 2 is 2.03 bits per heavy atom. The Morgan fingerprint density at radius 3 is 2.75 bits per heavy atom. The molecule has 0 radical (unpaired) electrons. The van der Waals surface area contributed by atoms with E-state index < -0.39 is 6.23 Å². The zero-order valence-electron chi connectivity index (χ0n) is 19.4. The fourth-order valence-corrected chi connectivity index (χ4v) is 4.84. The summed E-state index contributed by atoms with van der Waals surface area (Å²) < 4.78 is 0. The summed E-state index contributed by atoms with van der Waals surface area (Å²) in [6.45, 7) is 11.9. The number of aromatic amines is 1. The first-order valence-corrected chi connectivity index (χ1v) is 12.2. The summed E-state index contributed by atoms with van der Waals surface area (Å²) in [4.78, 5) is 18.5. The van der Waals surface area contributed by atoms with Crippen molar-refractivity contribution in [2.24, 2.45) is 0 Å². The van der Waals surface area contributed by atoms with Crippen LogP contribution in [-0.2, 0) is 4.79 Å². The van der Waals surface area contributed by atoms with Gasteiger partial charge in [-0.15, -0.1) is 0 Å². The van der Waals surface area contributed by atoms with Gasteiger partial charge >= 0.3 is 0 Å². The molecule has 4 atom stereocenters. The lowest BCUT2D eigenvalue weighted by Gasteiger charge is -2.36. The Kier molecular flexibility index (Phi) is 8.90. The van der Waals surface area contributed by atoms with Gasteiger partial charge < -0.3 is 20.7 Å². The Bertz CT molecular complexity index is 881. The SMILES string of the molecule is Cc1[nH]c(C=C2C=CC(Br)CC=CNC2=O)c(C)c1C(O)NCCN1CC(C)NC(C)C1. The number of amides is 1. The van der Waals surface area contributed by atoms with Crippen LogP contribution in [-0.4, -0.2) is 64.0 Å². The number of carbonyl (C=O) groups is 1. The van der Waals surface area contributed by atoms with E-state index in [1.54, 1.807) is 6.20 Å². The fourth-order valence-electron chi connectivity index (χ4n) is 4.48. The van der Waals surface area contributed by atoms with Crippen LogP contribution in [0.25, 0.3) is 6.08 Å². The van der Waals surface area contributed by atoms with Gasteiger partial charge in [-0.1, -0.05) is 34.2 Å². The third-order valence-corrected chi connectivity index (χ3v) is 6.63. The van der Waals surface area contributed by atoms with Crippen molar-refractivity contribution in [3.63, 3.8) is 0 Å². The molecule has 1 amide bonds. The molecule has 0 aromatic carbocycles. The third kappa shape index (κ3) is 6.65. The summed E-state index contributed by atoms with van der Waals surface area (Å²) in [7, 11) is 0. The van der Waals surface area contributed by atoms with Gasteiger partial charge in [0.15, 0.2) is 0 Å². The second-order valence-corrected chi connectivity index (χ2v) is 10.0. The molecular weight excluding hydrogens is 470 g/mol. The quantitative estimate of drug-likeness (QED) is 0.233. The average molecular weight is 506 g/mol. The van der Waals surface area contributed by atoms with Gasteiger partial charge in [-0.2, -0.15) is 0 Å². The van der Waals surface area contributed by atoms with E-state index in [-0.39, 0.29) is 10.7 Å². The average Bonchev–Trinajstić information content (AvgIpc) is 3.03. The number of aromatic nitrogens is 1. The fraction of sp³-hybridized carbons (Fsp3) is 0.542. The number of alkyl halides is 1. The smallest absolute Gasteiger partial charge is 0.255 e. The van der Waals surface area contributed by atoms with Gasteiger partial charge in [0.2, 0.25) is 0 Å². The zero-order valence-corrected chi connectivity index (χ0v) is 21.0. The van der Waals surface area contributed by atoms with Gasteiger partial charge in [-0.3, -0.25) is 15.0 Å². The number of nitrogens with one attached hydrogen (secondary N) is 4. The largest absolute Gasteiger partial charge is 0.374 e. The molecule has 0 aliphatic carbocycles. The number of nitrogens with zero attached hydrogens (tertiary/aromatic N) is 1. The summed E-state index contributed by atoms with van der Waals surface area (Å²) in [5.41, 5.74) is 4.05. The van der Waals surface area contributed by atoms with Crippen molar-refractivity contribution in [3.05, 3.63) is 52.5 Å². The highest BCUT2D eigenvalue weighted by atomic mass is 79.9. The van der Waals surface area contributed by atoms with E-state index >= 15 is 0 Å². The number of aliphatic hydroxyl groups excluding tert-OH is 1. The van der Waals surface area contributed by atoms with Crippen LogP contribution in [0.4, 0.5) is 0 Å². The number of H-pyrrole nitrogens is 1. The highest BCUT2D eigenvalue weighted by molar-refractivity contribution is 9.09. The van der Waals surface area contributed by atoms with Crippen LogP contribution >= 0.6 is 15.9 Å². The standard InChI is InChI=1S/C24H36BrN5O2/c1-15-13-30(14-16(2)28-15)11-10-27-24(32)22-17(3)21(29-18(22)4)12-19-7-8-20(25)6-5-9-26-23(19)31/h5,7-9,12,15-16,20,24,27-29,32H,6,10-11,13-14H2,1-4H3,(H,26,31). The maximum atomic E-state index is 12.5. The zero-order chi connectivity index (χ0) is 23.3. The van der Waals surface area contributed by atoms with Crippen LogP contribution < -0.4 is 16.0 Å². The van der Waals surface area contributed by atoms with Crippen LogP contribution in [0, 0.1) is 13.8 Å². The minimum absolute atomic E-state index is 0.162. The van der Waals surface area contributed by atoms with Crippen molar-refractivity contribution in [2.75, 3.05) is 26.2 Å². The van der Waals surface area contributed by atoms with E-state index in [9.17, 15) is 9.90 Å². The second-order valence-electron chi connectivity index (χ2n) is 8.87. The van der Waals surface area contributed by atoms with Crippen LogP contribution in [0.3, 0.4) is 0 Å². The Morgan fingerprint density at radius 1 is 1.31 bits per heavy atom. The van der Waals surface area contributed by atoms with Gasteiger partial charge in [0, 0.05) is 71.8 Å². The molecule has 176 valence electrons.